The van der Waals surface area contributed by atoms with Crippen LogP contribution in [0.25, 0.3) is 6.08 Å². The van der Waals surface area contributed by atoms with Crippen molar-refractivity contribution in [3.8, 4) is 0 Å². The number of piperazine rings is 1. The molecule has 18 heavy (non-hydrogen) atoms. The number of carbonyl (C=O) groups is 1. The zero-order chi connectivity index (χ0) is 12.4. The molecule has 0 radical (unpaired) electrons. The average molecular weight is 262 g/mol. The van der Waals surface area contributed by atoms with Crippen LogP contribution in [0, 0.1) is 0 Å². The summed E-state index contributed by atoms with van der Waals surface area (Å²) in [6.45, 7) is 3.62. The fourth-order valence-corrected chi connectivity index (χ4v) is 2.66. The molecular weight excluding hydrogens is 248 g/mol. The molecule has 0 saturated carbocycles. The minimum Gasteiger partial charge on any atom is -0.340 e. The summed E-state index contributed by atoms with van der Waals surface area (Å²) in [5.74, 6) is 0.501. The van der Waals surface area contributed by atoms with Crippen molar-refractivity contribution in [2.45, 2.75) is 0 Å². The molecule has 94 valence electrons. The number of thiophene rings is 1. The van der Waals surface area contributed by atoms with Crippen molar-refractivity contribution >= 4 is 29.3 Å². The van der Waals surface area contributed by atoms with Crippen LogP contribution in [0.2, 0.25) is 0 Å². The summed E-state index contributed by atoms with van der Waals surface area (Å²) in [5, 5.41) is 8.38. The summed E-state index contributed by atoms with van der Waals surface area (Å²) in [7, 11) is 0. The molecule has 0 spiro atoms. The van der Waals surface area contributed by atoms with Gasteiger partial charge in [0.1, 0.15) is 5.70 Å². The minimum absolute atomic E-state index is 0.183. The molecule has 0 unspecified atom stereocenters. The molecule has 1 aromatic heterocycles. The number of rotatable bonds is 1. The normalized spacial score (nSPS) is 22.2. The fraction of sp³-hybridized carbons (Fsp3) is 0.333. The summed E-state index contributed by atoms with van der Waals surface area (Å²) >= 11 is 1.61. The number of guanidine groups is 1. The van der Waals surface area contributed by atoms with Gasteiger partial charge >= 0.3 is 0 Å². The van der Waals surface area contributed by atoms with Crippen LogP contribution in [0.4, 0.5) is 0 Å². The molecule has 0 atom stereocenters. The molecule has 2 aliphatic rings. The summed E-state index contributed by atoms with van der Waals surface area (Å²) in [5.41, 5.74) is 0.561. The Morgan fingerprint density at radius 2 is 2.22 bits per heavy atom. The van der Waals surface area contributed by atoms with Gasteiger partial charge in [0, 0.05) is 31.1 Å². The molecular formula is C12H14N4OS. The van der Waals surface area contributed by atoms with E-state index >= 15 is 0 Å². The number of carbonyl (C=O) groups excluding carboxylic acids is 1. The van der Waals surface area contributed by atoms with Crippen molar-refractivity contribution in [1.29, 1.82) is 0 Å². The van der Waals surface area contributed by atoms with E-state index in [2.05, 4.69) is 20.5 Å². The van der Waals surface area contributed by atoms with Gasteiger partial charge < -0.3 is 15.5 Å². The van der Waals surface area contributed by atoms with Crippen molar-refractivity contribution in [1.82, 2.24) is 15.5 Å². The Labute approximate surface area is 109 Å². The van der Waals surface area contributed by atoms with Crippen LogP contribution in [0.1, 0.15) is 4.88 Å². The van der Waals surface area contributed by atoms with Gasteiger partial charge in [-0.05, 0) is 17.5 Å². The second kappa shape index (κ2) is 4.91. The number of nitrogens with one attached hydrogen (secondary N) is 2. The molecule has 0 aromatic carbocycles. The molecule has 2 N–H and O–H groups in total. The van der Waals surface area contributed by atoms with Crippen LogP contribution in [-0.4, -0.2) is 42.9 Å². The third kappa shape index (κ3) is 2.30. The maximum absolute atomic E-state index is 11.8. The summed E-state index contributed by atoms with van der Waals surface area (Å²) < 4.78 is 0. The molecule has 1 saturated heterocycles. The van der Waals surface area contributed by atoms with Crippen LogP contribution in [-0.2, 0) is 4.79 Å². The molecule has 0 aliphatic carbocycles. The van der Waals surface area contributed by atoms with E-state index < -0.39 is 0 Å². The monoisotopic (exact) mass is 262 g/mol. The van der Waals surface area contributed by atoms with E-state index in [1.807, 2.05) is 23.6 Å². The lowest BCUT2D eigenvalue weighted by atomic mass is 10.3. The largest absolute Gasteiger partial charge is 0.340 e. The number of nitrogens with zero attached hydrogens (tertiary/aromatic N) is 2. The summed E-state index contributed by atoms with van der Waals surface area (Å²) in [4.78, 5) is 19.0. The Balaban J connectivity index is 1.74. The highest BCUT2D eigenvalue weighted by atomic mass is 32.1. The Hall–Kier alpha value is -1.66. The predicted octanol–water partition coefficient (Wildman–Crippen LogP) is 0.480. The van der Waals surface area contributed by atoms with Crippen LogP contribution in [0.5, 0.6) is 0 Å². The van der Waals surface area contributed by atoms with Crippen LogP contribution in [0.3, 0.4) is 0 Å². The molecule has 3 heterocycles. The maximum atomic E-state index is 11.8. The van der Waals surface area contributed by atoms with E-state index in [0.717, 1.165) is 31.1 Å². The zero-order valence-electron chi connectivity index (χ0n) is 9.85. The van der Waals surface area contributed by atoms with E-state index in [4.69, 9.17) is 0 Å². The first kappa shape index (κ1) is 11.4. The quantitative estimate of drug-likeness (QED) is 0.723. The van der Waals surface area contributed by atoms with Gasteiger partial charge in [-0.3, -0.25) is 4.79 Å². The van der Waals surface area contributed by atoms with Crippen LogP contribution in [0.15, 0.2) is 28.2 Å². The third-order valence-electron chi connectivity index (χ3n) is 2.93. The smallest absolute Gasteiger partial charge is 0.296 e. The summed E-state index contributed by atoms with van der Waals surface area (Å²) in [6, 6.07) is 3.95. The van der Waals surface area contributed by atoms with Crippen LogP contribution >= 0.6 is 11.3 Å². The number of aliphatic imine (C=N–C) groups is 1. The Morgan fingerprint density at radius 3 is 2.94 bits per heavy atom. The van der Waals surface area contributed by atoms with Gasteiger partial charge in [-0.1, -0.05) is 6.07 Å². The lowest BCUT2D eigenvalue weighted by molar-refractivity contribution is -0.114. The Kier molecular flexibility index (Phi) is 3.12. The number of hydrogen-bond donors (Lipinski definition) is 2. The fourth-order valence-electron chi connectivity index (χ4n) is 2.00. The molecule has 2 aliphatic heterocycles. The van der Waals surface area contributed by atoms with Crippen molar-refractivity contribution in [2.24, 2.45) is 4.99 Å². The van der Waals surface area contributed by atoms with Gasteiger partial charge in [0.15, 0.2) is 0 Å². The first-order valence-electron chi connectivity index (χ1n) is 5.94. The molecule has 5 nitrogen and oxygen atoms in total. The molecule has 6 heteroatoms. The average Bonchev–Trinajstić information content (AvgIpc) is 3.02. The zero-order valence-corrected chi connectivity index (χ0v) is 10.7. The van der Waals surface area contributed by atoms with Crippen molar-refractivity contribution in [3.63, 3.8) is 0 Å². The van der Waals surface area contributed by atoms with E-state index in [1.54, 1.807) is 11.3 Å². The first-order chi connectivity index (χ1) is 8.83. The van der Waals surface area contributed by atoms with Gasteiger partial charge in [-0.2, -0.15) is 4.99 Å². The topological polar surface area (TPSA) is 56.7 Å². The highest BCUT2D eigenvalue weighted by Gasteiger charge is 2.25. The van der Waals surface area contributed by atoms with E-state index in [0.29, 0.717) is 11.7 Å². The van der Waals surface area contributed by atoms with Gasteiger partial charge in [0.2, 0.25) is 5.96 Å². The van der Waals surface area contributed by atoms with Crippen LogP contribution < -0.4 is 10.6 Å². The SMILES string of the molecule is O=C1N=C(N2CCNCC2)NC1=Cc1cccs1. The highest BCUT2D eigenvalue weighted by molar-refractivity contribution is 7.10. The molecule has 1 fully saturated rings. The lowest BCUT2D eigenvalue weighted by Crippen LogP contribution is -2.49. The number of amides is 1. The lowest BCUT2D eigenvalue weighted by Gasteiger charge is -2.28. The third-order valence-corrected chi connectivity index (χ3v) is 3.75. The van der Waals surface area contributed by atoms with Gasteiger partial charge in [-0.25, -0.2) is 0 Å². The van der Waals surface area contributed by atoms with Crippen molar-refractivity contribution in [2.75, 3.05) is 26.2 Å². The second-order valence-electron chi connectivity index (χ2n) is 4.18. The van der Waals surface area contributed by atoms with E-state index in [1.165, 1.54) is 0 Å². The summed E-state index contributed by atoms with van der Waals surface area (Å²) in [6.07, 6.45) is 1.85. The van der Waals surface area contributed by atoms with Gasteiger partial charge in [-0.15, -0.1) is 11.3 Å². The van der Waals surface area contributed by atoms with E-state index in [9.17, 15) is 4.79 Å². The Morgan fingerprint density at radius 1 is 1.39 bits per heavy atom. The number of hydrogen-bond acceptors (Lipinski definition) is 5. The van der Waals surface area contributed by atoms with E-state index in [-0.39, 0.29) is 5.91 Å². The molecule has 3 rings (SSSR count). The Bertz CT molecular complexity index is 500. The first-order valence-corrected chi connectivity index (χ1v) is 6.82. The predicted molar refractivity (Wildman–Crippen MR) is 72.3 cm³/mol. The van der Waals surface area contributed by atoms with Gasteiger partial charge in [0.25, 0.3) is 5.91 Å². The second-order valence-corrected chi connectivity index (χ2v) is 5.16. The highest BCUT2D eigenvalue weighted by Crippen LogP contribution is 2.15. The molecule has 1 amide bonds. The van der Waals surface area contributed by atoms with Gasteiger partial charge in [0.05, 0.1) is 0 Å². The van der Waals surface area contributed by atoms with Crippen molar-refractivity contribution in [3.05, 3.63) is 28.1 Å². The standard InChI is InChI=1S/C12H14N4OS/c17-11-10(8-9-2-1-7-18-9)14-12(15-11)16-5-3-13-4-6-16/h1-2,7-8,13H,3-6H2,(H,14,15,17). The molecule has 0 bridgehead atoms. The van der Waals surface area contributed by atoms with Crippen molar-refractivity contribution < 1.29 is 4.79 Å². The molecule has 1 aromatic rings. The maximum Gasteiger partial charge on any atom is 0.296 e. The minimum atomic E-state index is -0.183.